The predicted molar refractivity (Wildman–Crippen MR) is 174 cm³/mol. The lowest BCUT2D eigenvalue weighted by Crippen LogP contribution is -2.47. The summed E-state index contributed by atoms with van der Waals surface area (Å²) in [5, 5.41) is 10.5. The molecular formula is C35H32Br2N2O6. The summed E-state index contributed by atoms with van der Waals surface area (Å²) < 4.78 is 6.00. The van der Waals surface area contributed by atoms with Gasteiger partial charge in [0.2, 0.25) is 11.8 Å². The highest BCUT2D eigenvalue weighted by molar-refractivity contribution is 9.12. The standard InChI is InChI=1S/C35H32Br2N2O6/c1-45-28-14-19(13-25(36)33(28)42)29-21-7-8-22-30(23(21)15-24-31(29)27(40)16-26(37)32(24)41)35(44)39(34(22)43)20-9-11-38(12-10-20)17-18-5-3-2-4-6-18/h2-7,13-14,16,20,22-23,29-30,42H,8-12,15,17H2,1H3/t22-,23+,29-,30-/m0/s1. The fourth-order valence-electron chi connectivity index (χ4n) is 8.06. The Kier molecular flexibility index (Phi) is 7.94. The minimum absolute atomic E-state index is 0.0730. The normalized spacial score (nSPS) is 27.2. The van der Waals surface area contributed by atoms with Crippen LogP contribution in [0.15, 0.2) is 80.3 Å². The van der Waals surface area contributed by atoms with Gasteiger partial charge >= 0.3 is 0 Å². The summed E-state index contributed by atoms with van der Waals surface area (Å²) in [5.41, 5.74) is 3.51. The van der Waals surface area contributed by atoms with Crippen molar-refractivity contribution < 1.29 is 29.0 Å². The minimum atomic E-state index is -0.628. The predicted octanol–water partition coefficient (Wildman–Crippen LogP) is 5.59. The fraction of sp³-hybridized carbons (Fsp3) is 0.371. The highest BCUT2D eigenvalue weighted by Gasteiger charge is 2.57. The van der Waals surface area contributed by atoms with Gasteiger partial charge in [-0.2, -0.15) is 0 Å². The van der Waals surface area contributed by atoms with Gasteiger partial charge in [0, 0.05) is 48.8 Å². The molecule has 0 unspecified atom stereocenters. The van der Waals surface area contributed by atoms with E-state index in [1.165, 1.54) is 23.6 Å². The maximum Gasteiger partial charge on any atom is 0.233 e. The van der Waals surface area contributed by atoms with E-state index in [4.69, 9.17) is 4.74 Å². The van der Waals surface area contributed by atoms with E-state index < -0.39 is 23.7 Å². The Labute approximate surface area is 278 Å². The number of methoxy groups -OCH3 is 1. The molecule has 232 valence electrons. The number of allylic oxidation sites excluding steroid dienone is 6. The number of benzene rings is 2. The fourth-order valence-corrected chi connectivity index (χ4v) is 8.97. The zero-order chi connectivity index (χ0) is 31.6. The number of carbonyl (C=O) groups is 4. The maximum absolute atomic E-state index is 14.3. The number of phenols is 1. The van der Waals surface area contributed by atoms with Gasteiger partial charge in [0.05, 0.1) is 27.9 Å². The van der Waals surface area contributed by atoms with Crippen LogP contribution in [0.3, 0.4) is 0 Å². The number of hydrogen-bond acceptors (Lipinski definition) is 7. The van der Waals surface area contributed by atoms with Crippen LogP contribution in [0.25, 0.3) is 0 Å². The molecular weight excluding hydrogens is 704 g/mol. The summed E-state index contributed by atoms with van der Waals surface area (Å²) in [6.45, 7) is 2.43. The average molecular weight is 736 g/mol. The molecule has 45 heavy (non-hydrogen) atoms. The van der Waals surface area contributed by atoms with Crippen LogP contribution in [0, 0.1) is 17.8 Å². The molecule has 0 bridgehead atoms. The molecule has 2 heterocycles. The molecule has 1 N–H and O–H groups in total. The van der Waals surface area contributed by atoms with E-state index in [9.17, 15) is 24.3 Å². The van der Waals surface area contributed by atoms with Crippen LogP contribution in [-0.2, 0) is 25.7 Å². The topological polar surface area (TPSA) is 104 Å². The summed E-state index contributed by atoms with van der Waals surface area (Å²) in [6, 6.07) is 13.5. The lowest BCUT2D eigenvalue weighted by molar-refractivity contribution is -0.144. The van der Waals surface area contributed by atoms with Crippen LogP contribution in [0.4, 0.5) is 0 Å². The molecule has 2 aromatic rings. The number of ketones is 2. The van der Waals surface area contributed by atoms with Gasteiger partial charge in [-0.05, 0) is 86.7 Å². The first kappa shape index (κ1) is 30.3. The summed E-state index contributed by atoms with van der Waals surface area (Å²) >= 11 is 6.69. The maximum atomic E-state index is 14.3. The Morgan fingerprint density at radius 1 is 0.978 bits per heavy atom. The van der Waals surface area contributed by atoms with Gasteiger partial charge in [-0.1, -0.05) is 42.0 Å². The van der Waals surface area contributed by atoms with Gasteiger partial charge in [0.15, 0.2) is 23.1 Å². The van der Waals surface area contributed by atoms with Crippen LogP contribution in [0.5, 0.6) is 11.5 Å². The molecule has 0 spiro atoms. The molecule has 0 saturated carbocycles. The first-order valence-corrected chi connectivity index (χ1v) is 16.8. The van der Waals surface area contributed by atoms with E-state index in [1.807, 2.05) is 24.3 Å². The van der Waals surface area contributed by atoms with Gasteiger partial charge in [-0.25, -0.2) is 0 Å². The third kappa shape index (κ3) is 5.05. The molecule has 2 saturated heterocycles. The molecule has 8 nitrogen and oxygen atoms in total. The van der Waals surface area contributed by atoms with Crippen molar-refractivity contribution in [1.82, 2.24) is 9.80 Å². The Morgan fingerprint density at radius 2 is 1.71 bits per heavy atom. The second-order valence-electron chi connectivity index (χ2n) is 12.5. The number of imide groups is 1. The third-order valence-electron chi connectivity index (χ3n) is 10.1. The minimum Gasteiger partial charge on any atom is -0.503 e. The molecule has 0 aromatic heterocycles. The Morgan fingerprint density at radius 3 is 2.42 bits per heavy atom. The van der Waals surface area contributed by atoms with E-state index in [2.05, 4.69) is 48.9 Å². The van der Waals surface area contributed by atoms with E-state index in [0.29, 0.717) is 27.6 Å². The van der Waals surface area contributed by atoms with Gasteiger partial charge < -0.3 is 9.84 Å². The first-order valence-electron chi connectivity index (χ1n) is 15.3. The summed E-state index contributed by atoms with van der Waals surface area (Å²) in [6.07, 6.45) is 5.36. The molecule has 4 atom stereocenters. The second-order valence-corrected chi connectivity index (χ2v) is 14.2. The van der Waals surface area contributed by atoms with Gasteiger partial charge in [0.25, 0.3) is 0 Å². The molecule has 2 aliphatic heterocycles. The number of carbonyl (C=O) groups excluding carboxylic acids is 4. The molecule has 7 rings (SSSR count). The van der Waals surface area contributed by atoms with E-state index >= 15 is 0 Å². The number of phenolic OH excluding ortho intramolecular Hbond substituents is 1. The number of amides is 2. The lowest BCUT2D eigenvalue weighted by Gasteiger charge is -2.42. The zero-order valence-corrected chi connectivity index (χ0v) is 27.8. The monoisotopic (exact) mass is 734 g/mol. The van der Waals surface area contributed by atoms with Crippen molar-refractivity contribution in [2.45, 2.75) is 44.2 Å². The number of likely N-dealkylation sites (tertiary alicyclic amines) is 2. The quantitative estimate of drug-likeness (QED) is 0.243. The largest absolute Gasteiger partial charge is 0.503 e. The van der Waals surface area contributed by atoms with Crippen LogP contribution in [0.1, 0.15) is 42.7 Å². The zero-order valence-electron chi connectivity index (χ0n) is 24.7. The van der Waals surface area contributed by atoms with E-state index in [-0.39, 0.29) is 51.8 Å². The van der Waals surface area contributed by atoms with E-state index in [1.54, 1.807) is 12.1 Å². The van der Waals surface area contributed by atoms with Crippen molar-refractivity contribution in [2.75, 3.05) is 20.2 Å². The smallest absolute Gasteiger partial charge is 0.233 e. The molecule has 5 aliphatic rings. The van der Waals surface area contributed by atoms with Crippen molar-refractivity contribution in [3.63, 3.8) is 0 Å². The van der Waals surface area contributed by atoms with Crippen molar-refractivity contribution in [1.29, 1.82) is 0 Å². The van der Waals surface area contributed by atoms with Crippen LogP contribution in [-0.4, -0.2) is 64.5 Å². The molecule has 10 heteroatoms. The molecule has 2 fully saturated rings. The SMILES string of the molecule is COc1cc([C@H]2C3=CC[C@@H]4C(=O)N(C5CCN(Cc6ccccc6)CC5)C(=O)[C@@H]4[C@@H]3CC3=C2C(=O)C=C(Br)C3=O)cc(Br)c1O. The number of aromatic hydroxyl groups is 1. The number of piperidine rings is 1. The van der Waals surface area contributed by atoms with Gasteiger partial charge in [0.1, 0.15) is 0 Å². The van der Waals surface area contributed by atoms with Gasteiger partial charge in [-0.15, -0.1) is 0 Å². The van der Waals surface area contributed by atoms with Gasteiger partial charge in [-0.3, -0.25) is 29.0 Å². The molecule has 2 aromatic carbocycles. The average Bonchev–Trinajstić information content (AvgIpc) is 3.30. The van der Waals surface area contributed by atoms with Crippen molar-refractivity contribution in [3.8, 4) is 11.5 Å². The molecule has 2 amide bonds. The van der Waals surface area contributed by atoms with Crippen LogP contribution >= 0.6 is 31.9 Å². The number of nitrogens with zero attached hydrogens (tertiary/aromatic N) is 2. The highest BCUT2D eigenvalue weighted by Crippen LogP contribution is 2.56. The number of rotatable bonds is 5. The Hall–Kier alpha value is -3.34. The molecule has 0 radical (unpaired) electrons. The first-order chi connectivity index (χ1) is 21.7. The highest BCUT2D eigenvalue weighted by atomic mass is 79.9. The Bertz CT molecular complexity index is 1720. The molecule has 3 aliphatic carbocycles. The second kappa shape index (κ2) is 11.8. The van der Waals surface area contributed by atoms with Crippen molar-refractivity contribution in [3.05, 3.63) is 91.4 Å². The van der Waals surface area contributed by atoms with Crippen LogP contribution in [0.2, 0.25) is 0 Å². The number of ether oxygens (including phenoxy) is 1. The summed E-state index contributed by atoms with van der Waals surface area (Å²) in [5.74, 6) is -2.84. The van der Waals surface area contributed by atoms with Crippen molar-refractivity contribution in [2.24, 2.45) is 17.8 Å². The van der Waals surface area contributed by atoms with E-state index in [0.717, 1.165) is 38.0 Å². The summed E-state index contributed by atoms with van der Waals surface area (Å²) in [4.78, 5) is 59.2. The Balaban J connectivity index is 1.21. The number of fused-ring (bicyclic) bond motifs is 3. The number of Topliss-reactive ketones (excluding diaryl/α,β-unsaturated/α-hetero) is 1. The van der Waals surface area contributed by atoms with Crippen LogP contribution < -0.4 is 4.74 Å². The number of halogens is 2. The summed E-state index contributed by atoms with van der Waals surface area (Å²) in [7, 11) is 1.45. The lowest BCUT2D eigenvalue weighted by atomic mass is 9.59. The van der Waals surface area contributed by atoms with Crippen molar-refractivity contribution >= 4 is 55.2 Å². The number of hydrogen-bond donors (Lipinski definition) is 1. The third-order valence-corrected chi connectivity index (χ3v) is 11.3.